The van der Waals surface area contributed by atoms with Crippen molar-refractivity contribution in [3.8, 4) is 23.3 Å². The summed E-state index contributed by atoms with van der Waals surface area (Å²) in [6, 6.07) is 16.9. The van der Waals surface area contributed by atoms with Crippen LogP contribution in [0.25, 0.3) is 11.8 Å². The number of nitriles is 1. The minimum absolute atomic E-state index is 0.0990. The largest absolute Gasteiger partial charge is 0.493 e. The summed E-state index contributed by atoms with van der Waals surface area (Å²) in [7, 11) is 1.54. The smallest absolute Gasteiger partial charge is 0.344 e. The lowest BCUT2D eigenvalue weighted by Crippen LogP contribution is -2.16. The molecule has 2 aromatic carbocycles. The summed E-state index contributed by atoms with van der Waals surface area (Å²) in [6.45, 7) is 3.28. The normalized spacial score (nSPS) is 10.6. The maximum Gasteiger partial charge on any atom is 0.344 e. The van der Waals surface area contributed by atoms with Crippen LogP contribution in [0, 0.1) is 18.3 Å². The summed E-state index contributed by atoms with van der Waals surface area (Å²) < 4.78 is 17.9. The summed E-state index contributed by atoms with van der Waals surface area (Å²) in [5.41, 5.74) is 3.20. The number of aryl methyl sites for hydroxylation is 1. The van der Waals surface area contributed by atoms with Crippen LogP contribution in [0.15, 0.2) is 54.6 Å². The Kier molecular flexibility index (Phi) is 7.07. The quantitative estimate of drug-likeness (QED) is 0.510. The van der Waals surface area contributed by atoms with Crippen LogP contribution in [-0.2, 0) is 16.1 Å². The van der Waals surface area contributed by atoms with Gasteiger partial charge in [0, 0.05) is 0 Å². The topological polar surface area (TPSA) is 86.4 Å². The van der Waals surface area contributed by atoms with E-state index in [-0.39, 0.29) is 13.2 Å². The number of hydrogen-bond donors (Lipinski definition) is 0. The summed E-state index contributed by atoms with van der Waals surface area (Å²) in [5, 5.41) is 13.9. The van der Waals surface area contributed by atoms with Gasteiger partial charge in [-0.1, -0.05) is 36.4 Å². The van der Waals surface area contributed by atoms with Crippen molar-refractivity contribution in [1.29, 1.82) is 5.26 Å². The first-order valence-corrected chi connectivity index (χ1v) is 9.70. The number of hydrogen-bond acceptors (Lipinski definition) is 6. The van der Waals surface area contributed by atoms with E-state index >= 15 is 0 Å². The highest BCUT2D eigenvalue weighted by molar-refractivity contribution is 5.71. The summed E-state index contributed by atoms with van der Waals surface area (Å²) in [4.78, 5) is 12.3. The van der Waals surface area contributed by atoms with Crippen molar-refractivity contribution in [2.45, 2.75) is 20.5 Å². The molecule has 1 heterocycles. The first-order valence-electron chi connectivity index (χ1n) is 9.70. The molecule has 0 spiro atoms. The van der Waals surface area contributed by atoms with E-state index in [1.807, 2.05) is 61.5 Å². The van der Waals surface area contributed by atoms with Crippen LogP contribution in [0.1, 0.15) is 29.4 Å². The number of aromatic nitrogens is 2. The van der Waals surface area contributed by atoms with Crippen LogP contribution in [0.3, 0.4) is 0 Å². The van der Waals surface area contributed by atoms with Gasteiger partial charge in [0.05, 0.1) is 24.2 Å². The van der Waals surface area contributed by atoms with Crippen molar-refractivity contribution in [1.82, 2.24) is 9.78 Å². The molecule has 0 amide bonds. The van der Waals surface area contributed by atoms with Crippen molar-refractivity contribution in [2.75, 3.05) is 13.7 Å². The Balaban J connectivity index is 1.69. The molecule has 3 aromatic rings. The van der Waals surface area contributed by atoms with Crippen LogP contribution in [0.5, 0.6) is 11.5 Å². The second-order valence-corrected chi connectivity index (χ2v) is 6.63. The number of carbonyl (C=O) groups excluding carboxylic acids is 1. The van der Waals surface area contributed by atoms with Gasteiger partial charge in [-0.05, 0) is 43.7 Å². The number of allylic oxidation sites excluding steroid dienone is 1. The van der Waals surface area contributed by atoms with Gasteiger partial charge in [0.1, 0.15) is 18.2 Å². The fraction of sp³-hybridized carbons (Fsp3) is 0.208. The van der Waals surface area contributed by atoms with E-state index in [0.717, 1.165) is 11.3 Å². The molecule has 0 aliphatic heterocycles. The summed E-state index contributed by atoms with van der Waals surface area (Å²) in [6.07, 6.45) is 3.86. The number of methoxy groups -OCH3 is 1. The van der Waals surface area contributed by atoms with E-state index in [9.17, 15) is 10.1 Å². The highest BCUT2D eigenvalue weighted by atomic mass is 16.6. The van der Waals surface area contributed by atoms with Gasteiger partial charge < -0.3 is 14.2 Å². The number of nitrogens with zero attached hydrogens (tertiary/aromatic N) is 3. The molecular weight excluding hydrogens is 394 g/mol. The van der Waals surface area contributed by atoms with E-state index in [0.29, 0.717) is 28.5 Å². The first kappa shape index (κ1) is 21.7. The Morgan fingerprint density at radius 1 is 1.19 bits per heavy atom. The Morgan fingerprint density at radius 3 is 2.65 bits per heavy atom. The lowest BCUT2D eigenvalue weighted by Gasteiger charge is -2.12. The van der Waals surface area contributed by atoms with Gasteiger partial charge >= 0.3 is 5.97 Å². The van der Waals surface area contributed by atoms with Gasteiger partial charge in [-0.3, -0.25) is 0 Å². The van der Waals surface area contributed by atoms with Crippen LogP contribution < -0.4 is 9.47 Å². The fourth-order valence-corrected chi connectivity index (χ4v) is 3.06. The third-order valence-corrected chi connectivity index (χ3v) is 4.53. The molecule has 0 unspecified atom stereocenters. The van der Waals surface area contributed by atoms with Crippen molar-refractivity contribution < 1.29 is 19.0 Å². The van der Waals surface area contributed by atoms with Crippen LogP contribution >= 0.6 is 0 Å². The molecule has 158 valence electrons. The third kappa shape index (κ3) is 5.11. The molecule has 0 aliphatic rings. The van der Waals surface area contributed by atoms with Gasteiger partial charge in [0.25, 0.3) is 0 Å². The van der Waals surface area contributed by atoms with Gasteiger partial charge in [0.2, 0.25) is 0 Å². The van der Waals surface area contributed by atoms with Crippen LogP contribution in [-0.4, -0.2) is 29.5 Å². The Morgan fingerprint density at radius 2 is 1.97 bits per heavy atom. The standard InChI is InChI=1S/C24H23N3O4/c1-4-8-18-11-12-22(23(13-18)29-3)30-16-24(28)31-15-21-20(14-25)17(2)26-27(21)19-9-6-5-7-10-19/h4-13H,15-16H2,1-3H3/b8-4+. The molecule has 7 heteroatoms. The molecule has 0 N–H and O–H groups in total. The van der Waals surface area contributed by atoms with E-state index < -0.39 is 5.97 Å². The van der Waals surface area contributed by atoms with Crippen LogP contribution in [0.2, 0.25) is 0 Å². The fourth-order valence-electron chi connectivity index (χ4n) is 3.06. The zero-order valence-corrected chi connectivity index (χ0v) is 17.7. The average molecular weight is 417 g/mol. The molecule has 3 rings (SSSR count). The first-order chi connectivity index (χ1) is 15.1. The number of rotatable bonds is 8. The van der Waals surface area contributed by atoms with E-state index in [1.165, 1.54) is 7.11 Å². The predicted molar refractivity (Wildman–Crippen MR) is 116 cm³/mol. The number of para-hydroxylation sites is 1. The molecule has 0 saturated heterocycles. The molecule has 0 aliphatic carbocycles. The zero-order chi connectivity index (χ0) is 22.2. The number of carbonyl (C=O) groups is 1. The third-order valence-electron chi connectivity index (χ3n) is 4.53. The van der Waals surface area contributed by atoms with Crippen LogP contribution in [0.4, 0.5) is 0 Å². The molecular formula is C24H23N3O4. The second-order valence-electron chi connectivity index (χ2n) is 6.63. The number of benzene rings is 2. The van der Waals surface area contributed by atoms with Gasteiger partial charge in [-0.25, -0.2) is 9.48 Å². The lowest BCUT2D eigenvalue weighted by molar-refractivity contribution is -0.147. The lowest BCUT2D eigenvalue weighted by atomic mass is 10.2. The number of esters is 1. The molecule has 0 bridgehead atoms. The average Bonchev–Trinajstić information content (AvgIpc) is 3.12. The van der Waals surface area contributed by atoms with E-state index in [2.05, 4.69) is 11.2 Å². The monoisotopic (exact) mass is 417 g/mol. The molecule has 0 fully saturated rings. The highest BCUT2D eigenvalue weighted by Crippen LogP contribution is 2.28. The van der Waals surface area contributed by atoms with Crippen molar-refractivity contribution in [2.24, 2.45) is 0 Å². The molecule has 1 aromatic heterocycles. The van der Waals surface area contributed by atoms with E-state index in [4.69, 9.17) is 14.2 Å². The van der Waals surface area contributed by atoms with Gasteiger partial charge in [-0.2, -0.15) is 10.4 Å². The molecule has 0 radical (unpaired) electrons. The molecule has 31 heavy (non-hydrogen) atoms. The van der Waals surface area contributed by atoms with Gasteiger partial charge in [-0.15, -0.1) is 0 Å². The Bertz CT molecular complexity index is 1130. The van der Waals surface area contributed by atoms with E-state index in [1.54, 1.807) is 17.7 Å². The number of ether oxygens (including phenoxy) is 3. The molecule has 0 atom stereocenters. The molecule has 0 saturated carbocycles. The summed E-state index contributed by atoms with van der Waals surface area (Å²) >= 11 is 0. The minimum atomic E-state index is -0.568. The highest BCUT2D eigenvalue weighted by Gasteiger charge is 2.18. The predicted octanol–water partition coefficient (Wildman–Crippen LogP) is 4.22. The maximum atomic E-state index is 12.3. The maximum absolute atomic E-state index is 12.3. The van der Waals surface area contributed by atoms with Gasteiger partial charge in [0.15, 0.2) is 18.1 Å². The Labute approximate surface area is 181 Å². The minimum Gasteiger partial charge on any atom is -0.493 e. The zero-order valence-electron chi connectivity index (χ0n) is 17.7. The molecule has 7 nitrogen and oxygen atoms in total. The SMILES string of the molecule is C/C=C/c1ccc(OCC(=O)OCc2c(C#N)c(C)nn2-c2ccccc2)c(OC)c1. The van der Waals surface area contributed by atoms with Crippen molar-refractivity contribution in [3.05, 3.63) is 77.1 Å². The Hall–Kier alpha value is -4.05. The summed E-state index contributed by atoms with van der Waals surface area (Å²) in [5.74, 6) is 0.394. The van der Waals surface area contributed by atoms with Crippen molar-refractivity contribution >= 4 is 12.0 Å². The van der Waals surface area contributed by atoms with Crippen molar-refractivity contribution in [3.63, 3.8) is 0 Å². The second kappa shape index (κ2) is 10.1.